The van der Waals surface area contributed by atoms with Gasteiger partial charge in [-0.3, -0.25) is 24.1 Å². The maximum atomic E-state index is 13.3. The molecule has 4 amide bonds. The fourth-order valence-corrected chi connectivity index (χ4v) is 4.85. The van der Waals surface area contributed by atoms with Gasteiger partial charge in [-0.2, -0.15) is 0 Å². The molecule has 2 bridgehead atoms. The molecule has 0 aromatic heterocycles. The molecule has 3 fully saturated rings. The van der Waals surface area contributed by atoms with Crippen molar-refractivity contribution < 1.29 is 19.2 Å². The Balaban J connectivity index is 1.85. The average molecular weight is 355 g/mol. The van der Waals surface area contributed by atoms with Gasteiger partial charge in [0.05, 0.1) is 17.9 Å². The zero-order valence-electron chi connectivity index (χ0n) is 15.2. The number of nitrogens with zero attached hydrogens (tertiary/aromatic N) is 3. The van der Waals surface area contributed by atoms with Crippen LogP contribution in [0.5, 0.6) is 0 Å². The summed E-state index contributed by atoms with van der Waals surface area (Å²) in [6.07, 6.45) is 0. The van der Waals surface area contributed by atoms with E-state index in [-0.39, 0.29) is 30.2 Å². The van der Waals surface area contributed by atoms with Crippen LogP contribution in [0.15, 0.2) is 24.3 Å². The van der Waals surface area contributed by atoms with E-state index < -0.39 is 23.4 Å². The van der Waals surface area contributed by atoms with Crippen LogP contribution in [0, 0.1) is 18.8 Å². The number of aryl methyl sites for hydroxylation is 1. The van der Waals surface area contributed by atoms with E-state index in [9.17, 15) is 19.2 Å². The van der Waals surface area contributed by atoms with Crippen LogP contribution in [0.25, 0.3) is 0 Å². The predicted octanol–water partition coefficient (Wildman–Crippen LogP) is 0.281. The van der Waals surface area contributed by atoms with Crippen LogP contribution < -0.4 is 0 Å². The predicted molar refractivity (Wildman–Crippen MR) is 91.9 cm³/mol. The summed E-state index contributed by atoms with van der Waals surface area (Å²) in [7, 11) is 3.10. The highest BCUT2D eigenvalue weighted by atomic mass is 16.2. The number of likely N-dealkylation sites (tertiary alicyclic amines) is 2. The third-order valence-corrected chi connectivity index (χ3v) is 6.18. The highest BCUT2D eigenvalue weighted by Crippen LogP contribution is 2.52. The molecule has 3 aliphatic rings. The van der Waals surface area contributed by atoms with Crippen LogP contribution >= 0.6 is 0 Å². The first-order valence-corrected chi connectivity index (χ1v) is 8.67. The minimum atomic E-state index is -1.35. The van der Waals surface area contributed by atoms with E-state index in [1.165, 1.54) is 16.8 Å². The summed E-state index contributed by atoms with van der Waals surface area (Å²) in [5.74, 6) is -2.78. The highest BCUT2D eigenvalue weighted by Gasteiger charge is 2.73. The van der Waals surface area contributed by atoms with Crippen molar-refractivity contribution in [2.75, 3.05) is 20.6 Å². The van der Waals surface area contributed by atoms with Crippen molar-refractivity contribution in [3.8, 4) is 0 Å². The van der Waals surface area contributed by atoms with E-state index in [2.05, 4.69) is 0 Å². The molecule has 26 heavy (non-hydrogen) atoms. The van der Waals surface area contributed by atoms with Crippen molar-refractivity contribution in [1.29, 1.82) is 0 Å². The largest absolute Gasteiger partial charge is 0.342 e. The van der Waals surface area contributed by atoms with Gasteiger partial charge in [0, 0.05) is 26.2 Å². The number of imide groups is 1. The Labute approximate surface area is 151 Å². The Morgan fingerprint density at radius 2 is 1.69 bits per heavy atom. The van der Waals surface area contributed by atoms with Crippen molar-refractivity contribution >= 4 is 23.6 Å². The molecule has 4 atom stereocenters. The van der Waals surface area contributed by atoms with E-state index in [4.69, 9.17) is 0 Å². The second-order valence-electron chi connectivity index (χ2n) is 7.68. The number of amides is 4. The van der Waals surface area contributed by atoms with E-state index >= 15 is 0 Å². The lowest BCUT2D eigenvalue weighted by atomic mass is 9.81. The number of piperazine rings is 1. The van der Waals surface area contributed by atoms with Gasteiger partial charge in [0.25, 0.3) is 5.91 Å². The fraction of sp³-hybridized carbons (Fsp3) is 0.474. The first-order chi connectivity index (χ1) is 12.2. The van der Waals surface area contributed by atoms with Crippen molar-refractivity contribution in [3.63, 3.8) is 0 Å². The Morgan fingerprint density at radius 3 is 2.31 bits per heavy atom. The molecule has 7 heteroatoms. The smallest absolute Gasteiger partial charge is 0.255 e. The summed E-state index contributed by atoms with van der Waals surface area (Å²) in [5.41, 5.74) is 0.133. The maximum absolute atomic E-state index is 13.3. The zero-order valence-corrected chi connectivity index (χ0v) is 15.2. The van der Waals surface area contributed by atoms with Crippen LogP contribution in [0.2, 0.25) is 0 Å². The van der Waals surface area contributed by atoms with E-state index in [0.717, 1.165) is 10.5 Å². The first-order valence-electron chi connectivity index (χ1n) is 8.67. The Hall–Kier alpha value is -2.70. The van der Waals surface area contributed by atoms with Crippen LogP contribution in [0.3, 0.4) is 0 Å². The van der Waals surface area contributed by atoms with Crippen molar-refractivity contribution in [1.82, 2.24) is 14.7 Å². The molecule has 4 rings (SSSR count). The van der Waals surface area contributed by atoms with Gasteiger partial charge in [0.15, 0.2) is 0 Å². The molecule has 1 aromatic carbocycles. The number of rotatable bonds is 1. The van der Waals surface area contributed by atoms with E-state index in [1.807, 2.05) is 19.1 Å². The monoisotopic (exact) mass is 355 g/mol. The highest BCUT2D eigenvalue weighted by molar-refractivity contribution is 6.12. The summed E-state index contributed by atoms with van der Waals surface area (Å²) in [6.45, 7) is 3.80. The van der Waals surface area contributed by atoms with Crippen molar-refractivity contribution in [2.24, 2.45) is 11.8 Å². The van der Waals surface area contributed by atoms with Gasteiger partial charge in [-0.05, 0) is 26.0 Å². The van der Waals surface area contributed by atoms with Gasteiger partial charge in [-0.1, -0.05) is 17.7 Å². The lowest BCUT2D eigenvalue weighted by Crippen LogP contribution is -2.67. The molecule has 0 aliphatic carbocycles. The molecular formula is C19H21N3O4. The molecule has 136 valence electrons. The first kappa shape index (κ1) is 16.8. The molecule has 3 heterocycles. The molecule has 3 aliphatic heterocycles. The molecule has 3 saturated heterocycles. The SMILES string of the molecule is Cc1ccc(C(=O)N2C3CN(C)C(=O)[C@@]2(C)C2C(=O)N(C)C(=O)C32)cc1. The van der Waals surface area contributed by atoms with Gasteiger partial charge >= 0.3 is 0 Å². The van der Waals surface area contributed by atoms with Gasteiger partial charge in [-0.15, -0.1) is 0 Å². The summed E-state index contributed by atoms with van der Waals surface area (Å²) in [5, 5.41) is 0. The quantitative estimate of drug-likeness (QED) is 0.678. The minimum absolute atomic E-state index is 0.250. The zero-order chi connectivity index (χ0) is 19.0. The van der Waals surface area contributed by atoms with Crippen molar-refractivity contribution in [2.45, 2.75) is 25.4 Å². The maximum Gasteiger partial charge on any atom is 0.255 e. The second-order valence-corrected chi connectivity index (χ2v) is 7.68. The topological polar surface area (TPSA) is 78.0 Å². The number of hydrogen-bond donors (Lipinski definition) is 0. The molecule has 0 saturated carbocycles. The summed E-state index contributed by atoms with van der Waals surface area (Å²) in [4.78, 5) is 55.9. The number of carbonyl (C=O) groups is 4. The molecule has 7 nitrogen and oxygen atoms in total. The molecule has 0 radical (unpaired) electrons. The second kappa shape index (κ2) is 5.16. The number of hydrogen-bond acceptors (Lipinski definition) is 4. The molecular weight excluding hydrogens is 334 g/mol. The summed E-state index contributed by atoms with van der Waals surface area (Å²) in [6, 6.07) is 6.60. The Morgan fingerprint density at radius 1 is 1.08 bits per heavy atom. The van der Waals surface area contributed by atoms with Crippen LogP contribution in [-0.2, 0) is 14.4 Å². The van der Waals surface area contributed by atoms with Gasteiger partial charge in [0.1, 0.15) is 5.54 Å². The summed E-state index contributed by atoms with van der Waals surface area (Å²) < 4.78 is 0. The Bertz CT molecular complexity index is 849. The average Bonchev–Trinajstić information content (AvgIpc) is 2.97. The normalized spacial score (nSPS) is 33.2. The Kier molecular flexibility index (Phi) is 3.32. The molecule has 1 aromatic rings. The molecule has 0 spiro atoms. The third kappa shape index (κ3) is 1.83. The number of benzene rings is 1. The molecule has 0 N–H and O–H groups in total. The minimum Gasteiger partial charge on any atom is -0.342 e. The van der Waals surface area contributed by atoms with Crippen molar-refractivity contribution in [3.05, 3.63) is 35.4 Å². The molecule has 3 unspecified atom stereocenters. The number of fused-ring (bicyclic) bond motifs is 5. The lowest BCUT2D eigenvalue weighted by Gasteiger charge is -2.46. The van der Waals surface area contributed by atoms with Crippen LogP contribution in [-0.4, -0.2) is 70.5 Å². The van der Waals surface area contributed by atoms with Gasteiger partial charge < -0.3 is 9.80 Å². The number of likely N-dealkylation sites (N-methyl/N-ethyl adjacent to an activating group) is 1. The third-order valence-electron chi connectivity index (χ3n) is 6.18. The standard InChI is InChI=1S/C19H21N3O4/c1-10-5-7-11(8-6-10)15(23)22-12-9-20(3)18(26)19(22,2)14-13(12)16(24)21(4)17(14)25/h5-8,12-14H,9H2,1-4H3/t12?,13?,14?,19-/m1/s1. The van der Waals surface area contributed by atoms with Crippen LogP contribution in [0.1, 0.15) is 22.8 Å². The van der Waals surface area contributed by atoms with Crippen LogP contribution in [0.4, 0.5) is 0 Å². The lowest BCUT2D eigenvalue weighted by molar-refractivity contribution is -0.153. The summed E-state index contributed by atoms with van der Waals surface area (Å²) >= 11 is 0. The van der Waals surface area contributed by atoms with E-state index in [1.54, 1.807) is 26.1 Å². The van der Waals surface area contributed by atoms with E-state index in [0.29, 0.717) is 5.56 Å². The number of carbonyl (C=O) groups excluding carboxylic acids is 4. The van der Waals surface area contributed by atoms with Gasteiger partial charge in [0.2, 0.25) is 17.7 Å². The van der Waals surface area contributed by atoms with Gasteiger partial charge in [-0.25, -0.2) is 0 Å². The fourth-order valence-electron chi connectivity index (χ4n) is 4.85.